The predicted octanol–water partition coefficient (Wildman–Crippen LogP) is 1.58. The summed E-state index contributed by atoms with van der Waals surface area (Å²) >= 11 is 0. The average molecular weight is 366 g/mol. The molecule has 7 heteroatoms. The zero-order valence-corrected chi connectivity index (χ0v) is 15.4. The van der Waals surface area contributed by atoms with E-state index in [0.29, 0.717) is 17.7 Å². The largest absolute Gasteiger partial charge is 0.748 e. The Bertz CT molecular complexity index is 730. The molecule has 1 amide bonds. The number of nitrogens with zero attached hydrogens (tertiary/aromatic N) is 1. The number of benzene rings is 1. The molecule has 1 aromatic rings. The minimum Gasteiger partial charge on any atom is -0.748 e. The van der Waals surface area contributed by atoms with Crippen LogP contribution in [0.2, 0.25) is 0 Å². The van der Waals surface area contributed by atoms with Crippen molar-refractivity contribution in [1.29, 1.82) is 0 Å². The molecular weight excluding hydrogens is 340 g/mol. The van der Waals surface area contributed by atoms with E-state index in [1.165, 1.54) is 55.2 Å². The average Bonchev–Trinajstić information content (AvgIpc) is 2.66. The van der Waals surface area contributed by atoms with Crippen LogP contribution < -0.4 is 5.73 Å². The molecule has 2 unspecified atom stereocenters. The van der Waals surface area contributed by atoms with Gasteiger partial charge in [0.15, 0.2) is 0 Å². The normalized spacial score (nSPS) is 33.3. The number of carbonyl (C=O) groups excluding carboxylic acids is 1. The van der Waals surface area contributed by atoms with Crippen molar-refractivity contribution in [3.8, 4) is 0 Å². The molecule has 3 heterocycles. The summed E-state index contributed by atoms with van der Waals surface area (Å²) < 4.78 is 28.6. The molecule has 0 saturated carbocycles. The highest BCUT2D eigenvalue weighted by Gasteiger charge is 2.58. The predicted molar refractivity (Wildman–Crippen MR) is 94.0 cm³/mol. The molecule has 2 atom stereocenters. The fraction of sp³-hybridized carbons (Fsp3) is 0.611. The summed E-state index contributed by atoms with van der Waals surface area (Å²) in [7, 11) is -3.92. The zero-order chi connectivity index (χ0) is 18.2. The molecule has 25 heavy (non-hydrogen) atoms. The zero-order valence-electron chi connectivity index (χ0n) is 14.6. The maximum atomic E-state index is 11.3. The van der Waals surface area contributed by atoms with E-state index in [9.17, 15) is 4.79 Å². The SMILES string of the molecule is CS(=O)(=O)[O-].NC(=O)c1cccc(C2C[N+]3(C2)C2CCCC3CC2)c1. The number of quaternary nitrogens is 1. The molecular formula is C18H26N2O4S. The van der Waals surface area contributed by atoms with Gasteiger partial charge in [-0.25, -0.2) is 8.42 Å². The van der Waals surface area contributed by atoms with Gasteiger partial charge in [-0.2, -0.15) is 0 Å². The first-order valence-electron chi connectivity index (χ1n) is 8.86. The van der Waals surface area contributed by atoms with Gasteiger partial charge in [-0.05, 0) is 37.0 Å². The molecule has 2 N–H and O–H groups in total. The van der Waals surface area contributed by atoms with E-state index >= 15 is 0 Å². The van der Waals surface area contributed by atoms with E-state index in [2.05, 4.69) is 6.07 Å². The van der Waals surface area contributed by atoms with E-state index in [4.69, 9.17) is 18.7 Å². The van der Waals surface area contributed by atoms with E-state index in [1.54, 1.807) is 0 Å². The molecule has 3 fully saturated rings. The molecule has 1 spiro atoms. The Hall–Kier alpha value is -1.44. The van der Waals surface area contributed by atoms with Gasteiger partial charge in [0.05, 0.1) is 41.2 Å². The molecule has 1 aromatic carbocycles. The summed E-state index contributed by atoms with van der Waals surface area (Å²) in [5.74, 6) is 0.323. The van der Waals surface area contributed by atoms with Gasteiger partial charge in [0.1, 0.15) is 0 Å². The van der Waals surface area contributed by atoms with Gasteiger partial charge in [0, 0.05) is 24.7 Å². The molecule has 4 rings (SSSR count). The Morgan fingerprint density at radius 2 is 1.72 bits per heavy atom. The second kappa shape index (κ2) is 6.70. The summed E-state index contributed by atoms with van der Waals surface area (Å²) in [6.45, 7) is 2.58. The molecule has 0 aliphatic carbocycles. The first-order chi connectivity index (χ1) is 11.7. The fourth-order valence-electron chi connectivity index (χ4n) is 5.11. The van der Waals surface area contributed by atoms with Crippen LogP contribution in [0.5, 0.6) is 0 Å². The summed E-state index contributed by atoms with van der Waals surface area (Å²) in [6.07, 6.45) is 7.80. The highest BCUT2D eigenvalue weighted by molar-refractivity contribution is 7.84. The lowest BCUT2D eigenvalue weighted by Gasteiger charge is -2.57. The summed E-state index contributed by atoms with van der Waals surface area (Å²) in [4.78, 5) is 11.3. The highest BCUT2D eigenvalue weighted by atomic mass is 32.2. The molecule has 6 nitrogen and oxygen atoms in total. The van der Waals surface area contributed by atoms with Gasteiger partial charge in [-0.1, -0.05) is 12.1 Å². The van der Waals surface area contributed by atoms with Crippen molar-refractivity contribution in [3.63, 3.8) is 0 Å². The fourth-order valence-corrected chi connectivity index (χ4v) is 5.11. The van der Waals surface area contributed by atoms with Crippen molar-refractivity contribution in [3.05, 3.63) is 35.4 Å². The Morgan fingerprint density at radius 3 is 2.24 bits per heavy atom. The summed E-state index contributed by atoms with van der Waals surface area (Å²) in [6, 6.07) is 9.84. The van der Waals surface area contributed by atoms with Crippen LogP contribution in [-0.2, 0) is 10.1 Å². The monoisotopic (exact) mass is 366 g/mol. The van der Waals surface area contributed by atoms with Crippen LogP contribution in [0, 0.1) is 0 Å². The third-order valence-electron chi connectivity index (χ3n) is 6.13. The van der Waals surface area contributed by atoms with E-state index in [1.807, 2.05) is 18.2 Å². The van der Waals surface area contributed by atoms with E-state index in [0.717, 1.165) is 12.1 Å². The Morgan fingerprint density at radius 1 is 1.16 bits per heavy atom. The number of hydrogen-bond acceptors (Lipinski definition) is 4. The summed E-state index contributed by atoms with van der Waals surface area (Å²) in [5.41, 5.74) is 7.36. The second-order valence-corrected chi connectivity index (χ2v) is 9.08. The Labute approximate surface area is 149 Å². The van der Waals surface area contributed by atoms with Gasteiger partial charge >= 0.3 is 0 Å². The third kappa shape index (κ3) is 3.88. The molecule has 2 bridgehead atoms. The molecule has 3 aliphatic heterocycles. The number of amides is 1. The molecule has 3 aliphatic rings. The maximum absolute atomic E-state index is 11.3. The maximum Gasteiger partial charge on any atom is 0.248 e. The minimum atomic E-state index is -3.92. The van der Waals surface area contributed by atoms with Gasteiger partial charge < -0.3 is 14.8 Å². The number of carbonyl (C=O) groups is 1. The van der Waals surface area contributed by atoms with Crippen LogP contribution in [0.1, 0.15) is 53.9 Å². The van der Waals surface area contributed by atoms with Crippen molar-refractivity contribution in [2.24, 2.45) is 5.73 Å². The van der Waals surface area contributed by atoms with Crippen LogP contribution >= 0.6 is 0 Å². The second-order valence-electron chi connectivity index (χ2n) is 7.67. The number of piperidine rings is 1. The lowest BCUT2D eigenvalue weighted by Crippen LogP contribution is -2.69. The van der Waals surface area contributed by atoms with Crippen molar-refractivity contribution >= 4 is 16.0 Å². The topological polar surface area (TPSA) is 100 Å². The van der Waals surface area contributed by atoms with Crippen molar-refractivity contribution in [1.82, 2.24) is 0 Å². The van der Waals surface area contributed by atoms with Gasteiger partial charge in [-0.15, -0.1) is 0 Å². The van der Waals surface area contributed by atoms with E-state index in [-0.39, 0.29) is 5.91 Å². The van der Waals surface area contributed by atoms with Gasteiger partial charge in [0.25, 0.3) is 0 Å². The number of primary amides is 1. The summed E-state index contributed by atoms with van der Waals surface area (Å²) in [5, 5.41) is 0. The van der Waals surface area contributed by atoms with Crippen LogP contribution in [0.4, 0.5) is 0 Å². The lowest BCUT2D eigenvalue weighted by molar-refractivity contribution is -1.00. The highest BCUT2D eigenvalue weighted by Crippen LogP contribution is 2.50. The van der Waals surface area contributed by atoms with Crippen molar-refractivity contribution < 1.29 is 22.2 Å². The molecule has 0 aromatic heterocycles. The smallest absolute Gasteiger partial charge is 0.248 e. The Balaban J connectivity index is 0.000000324. The minimum absolute atomic E-state index is 0.312. The van der Waals surface area contributed by atoms with Crippen molar-refractivity contribution in [2.45, 2.75) is 50.1 Å². The van der Waals surface area contributed by atoms with Crippen LogP contribution in [-0.4, -0.2) is 54.8 Å². The Kier molecular flexibility index (Phi) is 4.92. The van der Waals surface area contributed by atoms with Crippen LogP contribution in [0.15, 0.2) is 24.3 Å². The van der Waals surface area contributed by atoms with E-state index < -0.39 is 10.1 Å². The first-order valence-corrected chi connectivity index (χ1v) is 10.7. The molecule has 0 radical (unpaired) electrons. The number of rotatable bonds is 2. The molecule has 3 saturated heterocycles. The number of nitrogens with two attached hydrogens (primary N) is 1. The van der Waals surface area contributed by atoms with Crippen LogP contribution in [0.25, 0.3) is 0 Å². The van der Waals surface area contributed by atoms with Gasteiger partial charge in [-0.3, -0.25) is 4.79 Å². The molecule has 138 valence electrons. The number of hydrogen-bond donors (Lipinski definition) is 1. The standard InChI is InChI=1S/C17H22N2O.CH4O3S/c18-17(20)13-4-1-3-12(9-13)14-10-19(11-14)15-5-2-6-16(19)8-7-15;1-5(2,3)4/h1,3-4,9,14-16H,2,5-8,10-11H2,(H-,18,20);1H3,(H,2,3,4). The van der Waals surface area contributed by atoms with Gasteiger partial charge in [0.2, 0.25) is 5.91 Å². The lowest BCUT2D eigenvalue weighted by atomic mass is 9.82. The van der Waals surface area contributed by atoms with Crippen molar-refractivity contribution in [2.75, 3.05) is 19.3 Å². The quantitative estimate of drug-likeness (QED) is 0.634. The van der Waals surface area contributed by atoms with Crippen LogP contribution in [0.3, 0.4) is 0 Å². The first kappa shape index (κ1) is 18.4. The third-order valence-corrected chi connectivity index (χ3v) is 6.13.